The van der Waals surface area contributed by atoms with Gasteiger partial charge in [-0.25, -0.2) is 27.3 Å². The molecule has 20 nitrogen and oxygen atoms in total. The van der Waals surface area contributed by atoms with Gasteiger partial charge in [0.05, 0.1) is 6.61 Å². The van der Waals surface area contributed by atoms with Gasteiger partial charge in [0.25, 0.3) is 15.6 Å². The van der Waals surface area contributed by atoms with E-state index in [1.807, 2.05) is 0 Å². The van der Waals surface area contributed by atoms with E-state index in [0.29, 0.717) is 4.57 Å². The third-order valence-corrected chi connectivity index (χ3v) is 10.1. The van der Waals surface area contributed by atoms with Crippen LogP contribution in [0.5, 0.6) is 11.6 Å². The number of phosphoric ester groups is 2. The van der Waals surface area contributed by atoms with Gasteiger partial charge in [-0.05, 0) is 24.1 Å². The maximum absolute atomic E-state index is 11.9. The van der Waals surface area contributed by atoms with Crippen LogP contribution in [-0.2, 0) is 40.5 Å². The molecular formula is C15H16N2Na4O18P4. The fourth-order valence-corrected chi connectivity index (χ4v) is 7.72. The van der Waals surface area contributed by atoms with Crippen LogP contribution >= 0.6 is 31.3 Å². The van der Waals surface area contributed by atoms with Gasteiger partial charge in [-0.2, -0.15) is 0 Å². The quantitative estimate of drug-likeness (QED) is 0.135. The minimum Gasteiger partial charge on any atom is -0.858 e. The minimum absolute atomic E-state index is 0. The van der Waals surface area contributed by atoms with E-state index < -0.39 is 79.8 Å². The maximum Gasteiger partial charge on any atom is 1.00 e. The second kappa shape index (κ2) is 19.4. The van der Waals surface area contributed by atoms with Gasteiger partial charge in [-0.15, -0.1) is 0 Å². The van der Waals surface area contributed by atoms with E-state index in [1.165, 1.54) is 18.2 Å². The molecule has 1 saturated heterocycles. The SMILES string of the molecule is O=c1nc([O-])ccn1[C@@H]1O[C@H](COP(=O)([O-])OP(=O)([O-])OP(=O)(O)OP(=O)([O-])Oc2ccccc2)[C@@H](O)[C@H]1O.[Na+].[Na+].[Na+].[Na+]. The number of para-hydroxylation sites is 1. The van der Waals surface area contributed by atoms with Crippen molar-refractivity contribution < 1.29 is 198 Å². The van der Waals surface area contributed by atoms with Crippen LogP contribution in [0.25, 0.3) is 0 Å². The molecule has 43 heavy (non-hydrogen) atoms. The van der Waals surface area contributed by atoms with Crippen LogP contribution < -0.4 is 148 Å². The third-order valence-electron chi connectivity index (χ3n) is 4.38. The standard InChI is InChI=1S/C15H20N2O18P4.4Na/c18-11-6-7-17(15(21)16-11)14-13(20)12(19)10(31-14)8-30-36(22,23)33-38(26,27)35-39(28,29)34-37(24,25)32-9-4-2-1-3-5-9;;;;/h1-7,10,12-14,19-20H,8H2,(H,22,23)(H,24,25)(H,26,27)(H,28,29)(H,16,18,21);;;;/q;4*+1/p-4/t10-,12-,13-,14-;;;;/m1..../s1. The summed E-state index contributed by atoms with van der Waals surface area (Å²) in [7, 11) is -24.3. The molecule has 8 atom stereocenters. The Morgan fingerprint density at radius 1 is 0.860 bits per heavy atom. The molecule has 3 rings (SSSR count). The van der Waals surface area contributed by atoms with Gasteiger partial charge in [0.2, 0.25) is 0 Å². The van der Waals surface area contributed by atoms with E-state index in [-0.39, 0.29) is 118 Å². The van der Waals surface area contributed by atoms with E-state index in [4.69, 9.17) is 4.74 Å². The van der Waals surface area contributed by atoms with Crippen LogP contribution in [0, 0.1) is 0 Å². The number of benzene rings is 1. The number of hydrogen-bond donors (Lipinski definition) is 3. The van der Waals surface area contributed by atoms with Crippen LogP contribution in [0.1, 0.15) is 6.23 Å². The molecule has 1 aromatic heterocycles. The normalized spacial score (nSPS) is 25.0. The summed E-state index contributed by atoms with van der Waals surface area (Å²) in [5.41, 5.74) is -1.19. The van der Waals surface area contributed by atoms with Crippen molar-refractivity contribution in [3.05, 3.63) is 53.1 Å². The van der Waals surface area contributed by atoms with Gasteiger partial charge < -0.3 is 48.7 Å². The average molecular weight is 728 g/mol. The Hall–Kier alpha value is 2.18. The first-order valence-corrected chi connectivity index (χ1v) is 15.8. The summed E-state index contributed by atoms with van der Waals surface area (Å²) in [6.07, 6.45) is -6.35. The van der Waals surface area contributed by atoms with Gasteiger partial charge in [0, 0.05) is 6.20 Å². The van der Waals surface area contributed by atoms with Crippen molar-refractivity contribution in [3.8, 4) is 11.6 Å². The largest absolute Gasteiger partial charge is 1.00 e. The Kier molecular flexibility index (Phi) is 21.3. The number of hydrogen-bond acceptors (Lipinski definition) is 18. The summed E-state index contributed by atoms with van der Waals surface area (Å²) in [6.45, 7) is -1.24. The van der Waals surface area contributed by atoms with Crippen LogP contribution in [0.3, 0.4) is 0 Å². The predicted molar refractivity (Wildman–Crippen MR) is 113 cm³/mol. The molecule has 0 radical (unpaired) electrons. The van der Waals surface area contributed by atoms with Crippen molar-refractivity contribution in [1.29, 1.82) is 0 Å². The van der Waals surface area contributed by atoms with Crippen LogP contribution in [-0.4, -0.2) is 49.6 Å². The molecule has 0 amide bonds. The molecule has 218 valence electrons. The average Bonchev–Trinajstić information content (AvgIpc) is 3.04. The monoisotopic (exact) mass is 728 g/mol. The molecule has 1 aliphatic rings. The molecule has 0 saturated carbocycles. The molecule has 1 aromatic carbocycles. The second-order valence-corrected chi connectivity index (χ2v) is 13.3. The first kappa shape index (κ1) is 47.3. The number of aliphatic hydroxyl groups is 2. The molecule has 1 fully saturated rings. The molecular weight excluding hydrogens is 712 g/mol. The van der Waals surface area contributed by atoms with Crippen molar-refractivity contribution in [2.75, 3.05) is 6.61 Å². The fourth-order valence-electron chi connectivity index (χ4n) is 2.91. The van der Waals surface area contributed by atoms with E-state index in [2.05, 4.69) is 27.0 Å². The summed E-state index contributed by atoms with van der Waals surface area (Å²) in [5, 5.41) is 31.2. The summed E-state index contributed by atoms with van der Waals surface area (Å²) >= 11 is 0. The van der Waals surface area contributed by atoms with Crippen molar-refractivity contribution in [3.63, 3.8) is 0 Å². The molecule has 0 bridgehead atoms. The van der Waals surface area contributed by atoms with Crippen molar-refractivity contribution in [1.82, 2.24) is 9.55 Å². The van der Waals surface area contributed by atoms with Crippen LogP contribution in [0.4, 0.5) is 0 Å². The Bertz CT molecular complexity index is 1440. The van der Waals surface area contributed by atoms with E-state index in [9.17, 15) is 57.9 Å². The van der Waals surface area contributed by atoms with E-state index in [0.717, 1.165) is 24.4 Å². The second-order valence-electron chi connectivity index (χ2n) is 7.26. The summed E-state index contributed by atoms with van der Waals surface area (Å²) in [4.78, 5) is 59.8. The fraction of sp³-hybridized carbons (Fsp3) is 0.333. The van der Waals surface area contributed by atoms with Gasteiger partial charge in [-0.3, -0.25) is 18.3 Å². The zero-order valence-electron chi connectivity index (χ0n) is 22.7. The smallest absolute Gasteiger partial charge is 0.858 e. The van der Waals surface area contributed by atoms with E-state index >= 15 is 0 Å². The molecule has 2 aromatic rings. The van der Waals surface area contributed by atoms with Gasteiger partial charge >= 0.3 is 140 Å². The maximum atomic E-state index is 11.9. The minimum atomic E-state index is -6.40. The first-order chi connectivity index (χ1) is 17.9. The topological polar surface area (TPSA) is 311 Å². The number of nitrogens with zero attached hydrogens (tertiary/aromatic N) is 2. The summed E-state index contributed by atoms with van der Waals surface area (Å²) in [5.74, 6) is -1.32. The van der Waals surface area contributed by atoms with Gasteiger partial charge in [0.15, 0.2) is 6.23 Å². The molecule has 1 aliphatic heterocycles. The molecule has 4 unspecified atom stereocenters. The number of aromatic nitrogens is 2. The Balaban J connectivity index is 0. The van der Waals surface area contributed by atoms with Crippen molar-refractivity contribution in [2.45, 2.75) is 24.5 Å². The molecule has 0 aliphatic carbocycles. The number of rotatable bonds is 12. The van der Waals surface area contributed by atoms with Crippen LogP contribution in [0.15, 0.2) is 47.4 Å². The number of aliphatic hydroxyl groups excluding tert-OH is 2. The summed E-state index contributed by atoms with van der Waals surface area (Å²) < 4.78 is 72.3. The zero-order chi connectivity index (χ0) is 29.2. The number of ether oxygens (including phenoxy) is 1. The Labute approximate surface area is 330 Å². The van der Waals surface area contributed by atoms with E-state index in [1.54, 1.807) is 0 Å². The van der Waals surface area contributed by atoms with Crippen molar-refractivity contribution in [2.24, 2.45) is 0 Å². The number of phosphoric acid groups is 4. The zero-order valence-corrected chi connectivity index (χ0v) is 34.3. The van der Waals surface area contributed by atoms with Gasteiger partial charge in [0.1, 0.15) is 24.1 Å². The third kappa shape index (κ3) is 15.1. The summed E-state index contributed by atoms with van der Waals surface area (Å²) in [6, 6.07) is 7.09. The Morgan fingerprint density at radius 2 is 1.42 bits per heavy atom. The van der Waals surface area contributed by atoms with Crippen LogP contribution in [0.2, 0.25) is 0 Å². The molecule has 2 heterocycles. The molecule has 3 N–H and O–H groups in total. The molecule has 0 spiro atoms. The first-order valence-electron chi connectivity index (χ1n) is 9.96. The molecule has 28 heteroatoms. The Morgan fingerprint density at radius 3 is 1.98 bits per heavy atom. The predicted octanol–water partition coefficient (Wildman–Crippen LogP) is -14.4. The van der Waals surface area contributed by atoms with Gasteiger partial charge in [-0.1, -0.05) is 18.2 Å². The van der Waals surface area contributed by atoms with Crippen molar-refractivity contribution >= 4 is 31.3 Å².